The van der Waals surface area contributed by atoms with Crippen molar-refractivity contribution in [2.45, 2.75) is 45.2 Å². The summed E-state index contributed by atoms with van der Waals surface area (Å²) in [5.41, 5.74) is 2.61. The third-order valence-corrected chi connectivity index (χ3v) is 4.63. The lowest BCUT2D eigenvalue weighted by Gasteiger charge is -2.41. The first-order valence-corrected chi connectivity index (χ1v) is 8.29. The van der Waals surface area contributed by atoms with Gasteiger partial charge in [-0.15, -0.1) is 0 Å². The fourth-order valence-corrected chi connectivity index (χ4v) is 3.27. The Bertz CT molecular complexity index is 731. The van der Waals surface area contributed by atoms with Gasteiger partial charge in [-0.1, -0.05) is 18.2 Å². The van der Waals surface area contributed by atoms with Crippen LogP contribution in [0.4, 0.5) is 5.69 Å². The third kappa shape index (κ3) is 3.46. The number of piperidine rings is 1. The van der Waals surface area contributed by atoms with Gasteiger partial charge in [0.15, 0.2) is 0 Å². The largest absolute Gasteiger partial charge is 0.382 e. The van der Waals surface area contributed by atoms with Crippen molar-refractivity contribution in [3.63, 3.8) is 0 Å². The molecule has 2 heterocycles. The van der Waals surface area contributed by atoms with Crippen LogP contribution in [0.5, 0.6) is 0 Å². The van der Waals surface area contributed by atoms with Gasteiger partial charge in [-0.2, -0.15) is 5.26 Å². The minimum Gasteiger partial charge on any atom is -0.382 e. The minimum atomic E-state index is 0.238. The smallest absolute Gasteiger partial charge is 0.143 e. The van der Waals surface area contributed by atoms with Gasteiger partial charge in [-0.25, -0.2) is 4.98 Å². The molecular formula is C19H24N4. The fraction of sp³-hybridized carbons (Fsp3) is 0.474. The molecule has 1 aliphatic heterocycles. The van der Waals surface area contributed by atoms with E-state index in [4.69, 9.17) is 0 Å². The number of nitrogens with one attached hydrogen (secondary N) is 1. The second-order valence-electron chi connectivity index (χ2n) is 7.26. The lowest BCUT2D eigenvalue weighted by molar-refractivity contribution is 0.106. The number of hydrogen-bond donors (Lipinski definition) is 1. The van der Waals surface area contributed by atoms with Crippen LogP contribution in [0.1, 0.15) is 39.3 Å². The molecule has 1 saturated heterocycles. The van der Waals surface area contributed by atoms with E-state index in [1.54, 1.807) is 0 Å². The Hall–Kier alpha value is -2.12. The standard InChI is InChI=1S/C19H24N4/c1-19(2,3)23-10-8-14(9-11-23)21-18-12-15(13-20)22-17-7-5-4-6-16(17)18/h4-7,12,14H,8-11H2,1-3H3,(H,21,22). The summed E-state index contributed by atoms with van der Waals surface area (Å²) >= 11 is 0. The van der Waals surface area contributed by atoms with Gasteiger partial charge < -0.3 is 5.32 Å². The Morgan fingerprint density at radius 1 is 1.22 bits per heavy atom. The molecule has 0 atom stereocenters. The van der Waals surface area contributed by atoms with Crippen LogP contribution in [-0.4, -0.2) is 34.6 Å². The summed E-state index contributed by atoms with van der Waals surface area (Å²) in [5, 5.41) is 13.9. The maximum absolute atomic E-state index is 9.20. The predicted octanol–water partition coefficient (Wildman–Crippen LogP) is 3.78. The van der Waals surface area contributed by atoms with Crippen LogP contribution in [0.15, 0.2) is 30.3 Å². The van der Waals surface area contributed by atoms with Crippen molar-refractivity contribution in [3.05, 3.63) is 36.0 Å². The summed E-state index contributed by atoms with van der Waals surface area (Å²) < 4.78 is 0. The number of anilines is 1. The number of rotatable bonds is 2. The molecule has 2 aromatic rings. The van der Waals surface area contributed by atoms with E-state index < -0.39 is 0 Å². The molecule has 1 fully saturated rings. The molecule has 0 bridgehead atoms. The van der Waals surface area contributed by atoms with Gasteiger partial charge in [0, 0.05) is 35.7 Å². The molecule has 1 N–H and O–H groups in total. The molecule has 4 heteroatoms. The fourth-order valence-electron chi connectivity index (χ4n) is 3.27. The second-order valence-corrected chi connectivity index (χ2v) is 7.26. The number of aromatic nitrogens is 1. The number of fused-ring (bicyclic) bond motifs is 1. The molecular weight excluding hydrogens is 284 g/mol. The zero-order valence-electron chi connectivity index (χ0n) is 14.1. The summed E-state index contributed by atoms with van der Waals surface area (Å²) in [6.45, 7) is 9.04. The number of benzene rings is 1. The maximum Gasteiger partial charge on any atom is 0.143 e. The molecule has 1 aromatic heterocycles. The molecule has 3 rings (SSSR count). The Kier molecular flexibility index (Phi) is 4.23. The summed E-state index contributed by atoms with van der Waals surface area (Å²) in [6, 6.07) is 12.5. The van der Waals surface area contributed by atoms with E-state index in [9.17, 15) is 5.26 Å². The molecule has 0 amide bonds. The quantitative estimate of drug-likeness (QED) is 0.917. The number of para-hydroxylation sites is 1. The highest BCUT2D eigenvalue weighted by Crippen LogP contribution is 2.27. The van der Waals surface area contributed by atoms with Crippen molar-refractivity contribution >= 4 is 16.6 Å². The van der Waals surface area contributed by atoms with E-state index in [1.165, 1.54) is 0 Å². The first kappa shape index (κ1) is 15.8. The van der Waals surface area contributed by atoms with Gasteiger partial charge in [0.05, 0.1) is 5.52 Å². The van der Waals surface area contributed by atoms with Crippen molar-refractivity contribution in [1.82, 2.24) is 9.88 Å². The molecule has 0 spiro atoms. The Morgan fingerprint density at radius 2 is 1.91 bits per heavy atom. The van der Waals surface area contributed by atoms with Crippen molar-refractivity contribution in [1.29, 1.82) is 5.26 Å². The lowest BCUT2D eigenvalue weighted by Crippen LogP contribution is -2.48. The van der Waals surface area contributed by atoms with Crippen LogP contribution in [-0.2, 0) is 0 Å². The molecule has 0 unspecified atom stereocenters. The van der Waals surface area contributed by atoms with E-state index in [1.807, 2.05) is 24.3 Å². The van der Waals surface area contributed by atoms with Crippen molar-refractivity contribution in [3.8, 4) is 6.07 Å². The second kappa shape index (κ2) is 6.17. The van der Waals surface area contributed by atoms with Gasteiger partial charge in [0.25, 0.3) is 0 Å². The number of nitriles is 1. The lowest BCUT2D eigenvalue weighted by atomic mass is 9.97. The molecule has 0 radical (unpaired) electrons. The van der Waals surface area contributed by atoms with Crippen LogP contribution in [0.25, 0.3) is 10.9 Å². The Balaban J connectivity index is 1.79. The van der Waals surface area contributed by atoms with E-state index in [-0.39, 0.29) is 5.54 Å². The summed E-state index contributed by atoms with van der Waals surface area (Å²) in [5.74, 6) is 0. The average Bonchev–Trinajstić information content (AvgIpc) is 2.54. The number of nitrogens with zero attached hydrogens (tertiary/aromatic N) is 3. The van der Waals surface area contributed by atoms with Crippen LogP contribution >= 0.6 is 0 Å². The monoisotopic (exact) mass is 308 g/mol. The molecule has 1 aliphatic rings. The SMILES string of the molecule is CC(C)(C)N1CCC(Nc2cc(C#N)nc3ccccc23)CC1. The van der Waals surface area contributed by atoms with E-state index in [0.29, 0.717) is 11.7 Å². The zero-order valence-corrected chi connectivity index (χ0v) is 14.1. The topological polar surface area (TPSA) is 52.0 Å². The van der Waals surface area contributed by atoms with Crippen LogP contribution in [0.3, 0.4) is 0 Å². The maximum atomic E-state index is 9.20. The van der Waals surface area contributed by atoms with Crippen molar-refractivity contribution in [2.75, 3.05) is 18.4 Å². The predicted molar refractivity (Wildman–Crippen MR) is 94.4 cm³/mol. The van der Waals surface area contributed by atoms with Crippen molar-refractivity contribution < 1.29 is 0 Å². The summed E-state index contributed by atoms with van der Waals surface area (Å²) in [6.07, 6.45) is 2.24. The van der Waals surface area contributed by atoms with Gasteiger partial charge in [-0.3, -0.25) is 4.90 Å². The number of pyridine rings is 1. The van der Waals surface area contributed by atoms with Gasteiger partial charge in [0.1, 0.15) is 11.8 Å². The minimum absolute atomic E-state index is 0.238. The molecule has 0 saturated carbocycles. The zero-order chi connectivity index (χ0) is 16.4. The first-order chi connectivity index (χ1) is 11.0. The normalized spacial score (nSPS) is 17.1. The molecule has 1 aromatic carbocycles. The first-order valence-electron chi connectivity index (χ1n) is 8.29. The number of hydrogen-bond acceptors (Lipinski definition) is 4. The molecule has 120 valence electrons. The third-order valence-electron chi connectivity index (χ3n) is 4.63. The highest BCUT2D eigenvalue weighted by molar-refractivity contribution is 5.91. The van der Waals surface area contributed by atoms with Gasteiger partial charge >= 0.3 is 0 Å². The highest BCUT2D eigenvalue weighted by atomic mass is 15.2. The number of likely N-dealkylation sites (tertiary alicyclic amines) is 1. The van der Waals surface area contributed by atoms with E-state index in [2.05, 4.69) is 48.1 Å². The van der Waals surface area contributed by atoms with Gasteiger partial charge in [0.2, 0.25) is 0 Å². The van der Waals surface area contributed by atoms with Gasteiger partial charge in [-0.05, 0) is 45.7 Å². The highest BCUT2D eigenvalue weighted by Gasteiger charge is 2.27. The van der Waals surface area contributed by atoms with Crippen molar-refractivity contribution in [2.24, 2.45) is 0 Å². The Labute approximate surface area is 138 Å². The molecule has 0 aliphatic carbocycles. The van der Waals surface area contributed by atoms with E-state index in [0.717, 1.165) is 42.5 Å². The molecule has 23 heavy (non-hydrogen) atoms. The van der Waals surface area contributed by atoms with Crippen LogP contribution in [0.2, 0.25) is 0 Å². The Morgan fingerprint density at radius 3 is 2.57 bits per heavy atom. The molecule has 4 nitrogen and oxygen atoms in total. The summed E-state index contributed by atoms with van der Waals surface area (Å²) in [4.78, 5) is 6.92. The van der Waals surface area contributed by atoms with Crippen LogP contribution < -0.4 is 5.32 Å². The van der Waals surface area contributed by atoms with E-state index >= 15 is 0 Å². The van der Waals surface area contributed by atoms with Crippen LogP contribution in [0, 0.1) is 11.3 Å². The average molecular weight is 308 g/mol. The summed E-state index contributed by atoms with van der Waals surface area (Å²) in [7, 11) is 0.